The van der Waals surface area contributed by atoms with Crippen LogP contribution in [-0.4, -0.2) is 47.1 Å². The lowest BCUT2D eigenvalue weighted by Crippen LogP contribution is -2.34. The van der Waals surface area contributed by atoms with E-state index in [1.54, 1.807) is 0 Å². The first kappa shape index (κ1) is 14.9. The van der Waals surface area contributed by atoms with Crippen LogP contribution in [0, 0.1) is 0 Å². The van der Waals surface area contributed by atoms with Crippen molar-refractivity contribution in [1.29, 1.82) is 0 Å². The Kier molecular flexibility index (Phi) is 4.36. The number of aromatic nitrogens is 1. The summed E-state index contributed by atoms with van der Waals surface area (Å²) in [5.74, 6) is -0.123. The Morgan fingerprint density at radius 3 is 3.00 bits per heavy atom. The molecule has 0 atom stereocenters. The van der Waals surface area contributed by atoms with Crippen molar-refractivity contribution in [2.45, 2.75) is 19.9 Å². The molecular weight excluding hydrogens is 278 g/mol. The molecule has 2 heterocycles. The van der Waals surface area contributed by atoms with Crippen molar-refractivity contribution in [3.63, 3.8) is 0 Å². The summed E-state index contributed by atoms with van der Waals surface area (Å²) in [4.78, 5) is 19.7. The lowest BCUT2D eigenvalue weighted by atomic mass is 9.95. The van der Waals surface area contributed by atoms with Gasteiger partial charge in [0.15, 0.2) is 0 Å². The molecule has 1 amide bonds. The molecule has 2 aromatic rings. The summed E-state index contributed by atoms with van der Waals surface area (Å²) in [6.07, 6.45) is 0.869. The molecule has 0 saturated heterocycles. The van der Waals surface area contributed by atoms with Crippen molar-refractivity contribution >= 4 is 16.8 Å². The second-order valence-electron chi connectivity index (χ2n) is 5.53. The topological polar surface area (TPSA) is 65.5 Å². The van der Waals surface area contributed by atoms with Crippen LogP contribution in [0.1, 0.15) is 28.5 Å². The summed E-state index contributed by atoms with van der Waals surface area (Å²) in [6, 6.07) is 7.77. The second-order valence-corrected chi connectivity index (χ2v) is 5.53. The van der Waals surface area contributed by atoms with Gasteiger partial charge in [0.2, 0.25) is 0 Å². The number of nitrogens with zero attached hydrogens (tertiary/aromatic N) is 2. The fourth-order valence-corrected chi connectivity index (χ4v) is 3.03. The Balaban J connectivity index is 2.14. The van der Waals surface area contributed by atoms with Gasteiger partial charge in [0, 0.05) is 42.7 Å². The number of para-hydroxylation sites is 1. The number of aliphatic hydroxyl groups excluding tert-OH is 1. The van der Waals surface area contributed by atoms with E-state index in [0.717, 1.165) is 48.2 Å². The molecule has 0 radical (unpaired) electrons. The maximum Gasteiger partial charge on any atom is 0.252 e. The second kappa shape index (κ2) is 6.42. The van der Waals surface area contributed by atoms with E-state index in [0.29, 0.717) is 5.56 Å². The van der Waals surface area contributed by atoms with Gasteiger partial charge in [0.25, 0.3) is 5.91 Å². The molecule has 116 valence electrons. The number of fused-ring (bicyclic) bond motifs is 2. The zero-order valence-corrected chi connectivity index (χ0v) is 12.8. The lowest BCUT2D eigenvalue weighted by molar-refractivity contribution is 0.0943. The molecular formula is C17H21N3O2. The van der Waals surface area contributed by atoms with Crippen LogP contribution in [0.4, 0.5) is 0 Å². The zero-order valence-electron chi connectivity index (χ0n) is 12.8. The van der Waals surface area contributed by atoms with Crippen LogP contribution in [0.3, 0.4) is 0 Å². The van der Waals surface area contributed by atoms with E-state index in [-0.39, 0.29) is 19.1 Å². The number of rotatable bonds is 4. The minimum Gasteiger partial charge on any atom is -0.395 e. The van der Waals surface area contributed by atoms with Gasteiger partial charge < -0.3 is 10.4 Å². The molecule has 0 fully saturated rings. The van der Waals surface area contributed by atoms with E-state index in [4.69, 9.17) is 10.1 Å². The summed E-state index contributed by atoms with van der Waals surface area (Å²) in [5, 5.41) is 12.6. The largest absolute Gasteiger partial charge is 0.395 e. The highest BCUT2D eigenvalue weighted by atomic mass is 16.3. The van der Waals surface area contributed by atoms with Crippen LogP contribution in [-0.2, 0) is 13.0 Å². The predicted molar refractivity (Wildman–Crippen MR) is 85.8 cm³/mol. The number of nitrogens with one attached hydrogen (secondary N) is 1. The first-order valence-corrected chi connectivity index (χ1v) is 7.76. The van der Waals surface area contributed by atoms with Crippen molar-refractivity contribution in [1.82, 2.24) is 15.2 Å². The van der Waals surface area contributed by atoms with Gasteiger partial charge in [0.1, 0.15) is 0 Å². The van der Waals surface area contributed by atoms with Gasteiger partial charge in [-0.1, -0.05) is 25.1 Å². The molecule has 0 aliphatic carbocycles. The van der Waals surface area contributed by atoms with E-state index in [9.17, 15) is 4.79 Å². The van der Waals surface area contributed by atoms with E-state index >= 15 is 0 Å². The lowest BCUT2D eigenvalue weighted by Gasteiger charge is -2.29. The first-order valence-electron chi connectivity index (χ1n) is 7.76. The van der Waals surface area contributed by atoms with Crippen molar-refractivity contribution in [3.8, 4) is 0 Å². The molecule has 2 N–H and O–H groups in total. The average molecular weight is 299 g/mol. The molecule has 0 bridgehead atoms. The standard InChI is InChI=1S/C17H21N3O2/c1-2-20-9-7-15-13(11-20)16(17(22)18-8-10-21)12-5-3-4-6-14(12)19-15/h3-6,21H,2,7-11H2,1H3,(H,18,22). The van der Waals surface area contributed by atoms with E-state index < -0.39 is 0 Å². The Morgan fingerprint density at radius 2 is 2.23 bits per heavy atom. The van der Waals surface area contributed by atoms with E-state index in [1.165, 1.54) is 0 Å². The molecule has 3 rings (SSSR count). The number of hydrogen-bond donors (Lipinski definition) is 2. The maximum atomic E-state index is 12.6. The zero-order chi connectivity index (χ0) is 15.5. The molecule has 1 aliphatic heterocycles. The van der Waals surface area contributed by atoms with Gasteiger partial charge in [0.05, 0.1) is 17.7 Å². The van der Waals surface area contributed by atoms with Crippen molar-refractivity contribution in [3.05, 3.63) is 41.1 Å². The van der Waals surface area contributed by atoms with Crippen LogP contribution in [0.2, 0.25) is 0 Å². The summed E-state index contributed by atoms with van der Waals surface area (Å²) in [5.41, 5.74) is 3.63. The number of pyridine rings is 1. The van der Waals surface area contributed by atoms with Crippen LogP contribution < -0.4 is 5.32 Å². The number of amides is 1. The summed E-state index contributed by atoms with van der Waals surface area (Å²) in [6.45, 7) is 5.03. The molecule has 22 heavy (non-hydrogen) atoms. The number of aliphatic hydroxyl groups is 1. The number of carbonyl (C=O) groups is 1. The first-order chi connectivity index (χ1) is 10.7. The van der Waals surface area contributed by atoms with E-state index in [2.05, 4.69) is 17.1 Å². The van der Waals surface area contributed by atoms with Gasteiger partial charge in [-0.05, 0) is 12.6 Å². The van der Waals surface area contributed by atoms with Crippen molar-refractivity contribution < 1.29 is 9.90 Å². The number of hydrogen-bond acceptors (Lipinski definition) is 4. The maximum absolute atomic E-state index is 12.6. The molecule has 5 heteroatoms. The van der Waals surface area contributed by atoms with Gasteiger partial charge in [-0.25, -0.2) is 0 Å². The average Bonchev–Trinajstić information content (AvgIpc) is 2.57. The number of carbonyl (C=O) groups excluding carboxylic acids is 1. The highest BCUT2D eigenvalue weighted by Gasteiger charge is 2.24. The normalized spacial score (nSPS) is 14.8. The molecule has 5 nitrogen and oxygen atoms in total. The molecule has 0 unspecified atom stereocenters. The third kappa shape index (κ3) is 2.69. The minimum atomic E-state index is -0.123. The van der Waals surface area contributed by atoms with Crippen molar-refractivity contribution in [2.75, 3.05) is 26.2 Å². The van der Waals surface area contributed by atoms with Crippen LogP contribution in [0.25, 0.3) is 10.9 Å². The van der Waals surface area contributed by atoms with Gasteiger partial charge in [-0.15, -0.1) is 0 Å². The fraction of sp³-hybridized carbons (Fsp3) is 0.412. The Labute approximate surface area is 130 Å². The summed E-state index contributed by atoms with van der Waals surface area (Å²) in [7, 11) is 0. The highest BCUT2D eigenvalue weighted by Crippen LogP contribution is 2.28. The number of likely N-dealkylation sites (N-methyl/N-ethyl adjacent to an activating group) is 1. The van der Waals surface area contributed by atoms with Crippen molar-refractivity contribution in [2.24, 2.45) is 0 Å². The van der Waals surface area contributed by atoms with Crippen LogP contribution in [0.15, 0.2) is 24.3 Å². The predicted octanol–water partition coefficient (Wildman–Crippen LogP) is 1.33. The smallest absolute Gasteiger partial charge is 0.252 e. The Hall–Kier alpha value is -1.98. The molecule has 1 aromatic carbocycles. The van der Waals surface area contributed by atoms with E-state index in [1.807, 2.05) is 24.3 Å². The SMILES string of the molecule is CCN1CCc2nc3ccccc3c(C(=O)NCCO)c2C1. The third-order valence-electron chi connectivity index (χ3n) is 4.20. The Morgan fingerprint density at radius 1 is 1.41 bits per heavy atom. The summed E-state index contributed by atoms with van der Waals surface area (Å²) < 4.78 is 0. The van der Waals surface area contributed by atoms with Crippen LogP contribution in [0.5, 0.6) is 0 Å². The summed E-state index contributed by atoms with van der Waals surface area (Å²) >= 11 is 0. The molecule has 0 saturated carbocycles. The number of benzene rings is 1. The minimum absolute atomic E-state index is 0.0575. The highest BCUT2D eigenvalue weighted by molar-refractivity contribution is 6.07. The van der Waals surface area contributed by atoms with Gasteiger partial charge >= 0.3 is 0 Å². The van der Waals surface area contributed by atoms with Gasteiger partial charge in [-0.3, -0.25) is 14.7 Å². The van der Waals surface area contributed by atoms with Gasteiger partial charge in [-0.2, -0.15) is 0 Å². The fourth-order valence-electron chi connectivity index (χ4n) is 3.03. The molecule has 0 spiro atoms. The molecule has 1 aromatic heterocycles. The molecule has 1 aliphatic rings. The Bertz CT molecular complexity index is 700. The quantitative estimate of drug-likeness (QED) is 0.894. The van der Waals surface area contributed by atoms with Crippen LogP contribution >= 0.6 is 0 Å². The monoisotopic (exact) mass is 299 g/mol. The third-order valence-corrected chi connectivity index (χ3v) is 4.20.